The van der Waals surface area contributed by atoms with Crippen LogP contribution in [0.3, 0.4) is 0 Å². The molecule has 0 atom stereocenters. The molecule has 1 heterocycles. The molecule has 0 aliphatic carbocycles. The number of carbonyl (C=O) groups is 1. The zero-order chi connectivity index (χ0) is 16.5. The van der Waals surface area contributed by atoms with E-state index < -0.39 is 6.09 Å². The average Bonchev–Trinajstić information content (AvgIpc) is 2.95. The van der Waals surface area contributed by atoms with Crippen LogP contribution in [-0.4, -0.2) is 22.9 Å². The number of nitrogens with zero attached hydrogens (tertiary/aromatic N) is 2. The summed E-state index contributed by atoms with van der Waals surface area (Å²) in [5, 5.41) is 12.0. The van der Waals surface area contributed by atoms with Crippen LogP contribution in [0.2, 0.25) is 0 Å². The van der Waals surface area contributed by atoms with Crippen molar-refractivity contribution in [1.82, 2.24) is 10.2 Å². The highest BCUT2D eigenvalue weighted by Crippen LogP contribution is 2.23. The molecule has 0 aliphatic rings. The molecule has 1 N–H and O–H groups in total. The number of nitrogens with one attached hydrogen (secondary N) is 1. The lowest BCUT2D eigenvalue weighted by Gasteiger charge is -2.02. The molecule has 0 saturated carbocycles. The van der Waals surface area contributed by atoms with E-state index in [1.807, 2.05) is 6.92 Å². The van der Waals surface area contributed by atoms with Gasteiger partial charge in [-0.1, -0.05) is 54.5 Å². The van der Waals surface area contributed by atoms with Gasteiger partial charge in [-0.25, -0.2) is 4.79 Å². The second-order valence-corrected chi connectivity index (χ2v) is 7.14. The van der Waals surface area contributed by atoms with Crippen molar-refractivity contribution in [3.63, 3.8) is 0 Å². The average molecular weight is 351 g/mol. The molecule has 0 fully saturated rings. The summed E-state index contributed by atoms with van der Waals surface area (Å²) < 4.78 is 5.03. The van der Waals surface area contributed by atoms with Crippen LogP contribution in [0.5, 0.6) is 0 Å². The van der Waals surface area contributed by atoms with E-state index in [4.69, 9.17) is 4.74 Å². The monoisotopic (exact) mass is 351 g/mol. The Kier molecular flexibility index (Phi) is 7.35. The van der Waals surface area contributed by atoms with Crippen LogP contribution >= 0.6 is 23.1 Å². The first-order valence-corrected chi connectivity index (χ1v) is 9.54. The first-order valence-electron chi connectivity index (χ1n) is 7.57. The summed E-state index contributed by atoms with van der Waals surface area (Å²) in [6, 6.07) is 8.48. The minimum atomic E-state index is -0.464. The van der Waals surface area contributed by atoms with Gasteiger partial charge < -0.3 is 4.74 Å². The lowest BCUT2D eigenvalue weighted by molar-refractivity contribution is 0.160. The van der Waals surface area contributed by atoms with Gasteiger partial charge in [-0.2, -0.15) is 0 Å². The molecule has 1 amide bonds. The molecule has 0 spiro atoms. The van der Waals surface area contributed by atoms with Crippen LogP contribution in [0.4, 0.5) is 9.93 Å². The number of anilines is 1. The molecule has 124 valence electrons. The molecule has 0 unspecified atom stereocenters. The van der Waals surface area contributed by atoms with E-state index in [0.29, 0.717) is 11.7 Å². The van der Waals surface area contributed by atoms with Gasteiger partial charge in [-0.05, 0) is 18.9 Å². The smallest absolute Gasteiger partial charge is 0.413 e. The van der Waals surface area contributed by atoms with Crippen LogP contribution in [-0.2, 0) is 16.2 Å². The number of carbonyl (C=O) groups excluding carboxylic acids is 1. The Morgan fingerprint density at radius 1 is 1.35 bits per heavy atom. The summed E-state index contributed by atoms with van der Waals surface area (Å²) in [4.78, 5) is 11.5. The van der Waals surface area contributed by atoms with Crippen molar-refractivity contribution < 1.29 is 9.53 Å². The van der Waals surface area contributed by atoms with Gasteiger partial charge in [0.25, 0.3) is 0 Å². The molecule has 2 rings (SSSR count). The highest BCUT2D eigenvalue weighted by Gasteiger charge is 2.09. The van der Waals surface area contributed by atoms with E-state index in [0.717, 1.165) is 29.4 Å². The molecule has 5 nitrogen and oxygen atoms in total. The number of aryl methyl sites for hydroxylation is 1. The Labute approximate surface area is 144 Å². The number of benzene rings is 1. The van der Waals surface area contributed by atoms with Gasteiger partial charge in [0.2, 0.25) is 5.13 Å². The third kappa shape index (κ3) is 6.58. The molecule has 0 bridgehead atoms. The minimum Gasteiger partial charge on any atom is -0.449 e. The third-order valence-electron chi connectivity index (χ3n) is 2.98. The van der Waals surface area contributed by atoms with Gasteiger partial charge >= 0.3 is 6.09 Å². The number of ether oxygens (including phenoxy) is 1. The fraction of sp³-hybridized carbons (Fsp3) is 0.438. The molecule has 23 heavy (non-hydrogen) atoms. The van der Waals surface area contributed by atoms with Crippen LogP contribution in [0.25, 0.3) is 0 Å². The van der Waals surface area contributed by atoms with Gasteiger partial charge in [0.15, 0.2) is 0 Å². The van der Waals surface area contributed by atoms with Crippen molar-refractivity contribution in [3.05, 3.63) is 40.4 Å². The molecule has 1 aromatic carbocycles. The topological polar surface area (TPSA) is 64.1 Å². The summed E-state index contributed by atoms with van der Waals surface area (Å²) in [5.74, 6) is 1.71. The summed E-state index contributed by atoms with van der Waals surface area (Å²) in [5.41, 5.74) is 2.57. The Balaban J connectivity index is 1.73. The van der Waals surface area contributed by atoms with Crippen LogP contribution in [0.15, 0.2) is 24.3 Å². The maximum atomic E-state index is 11.5. The zero-order valence-corrected chi connectivity index (χ0v) is 15.0. The molecular formula is C16H21N3O2S2. The zero-order valence-electron chi connectivity index (χ0n) is 13.4. The van der Waals surface area contributed by atoms with Gasteiger partial charge in [0.05, 0.1) is 6.61 Å². The van der Waals surface area contributed by atoms with Crippen LogP contribution in [0.1, 0.15) is 35.9 Å². The van der Waals surface area contributed by atoms with E-state index in [-0.39, 0.29) is 0 Å². The molecule has 7 heteroatoms. The van der Waals surface area contributed by atoms with Crippen LogP contribution in [0, 0.1) is 6.92 Å². The maximum Gasteiger partial charge on any atom is 0.413 e. The van der Waals surface area contributed by atoms with Gasteiger partial charge in [0, 0.05) is 11.5 Å². The minimum absolute atomic E-state index is 0.431. The van der Waals surface area contributed by atoms with Gasteiger partial charge in [-0.3, -0.25) is 5.32 Å². The highest BCUT2D eigenvalue weighted by atomic mass is 32.2. The molecular weight excluding hydrogens is 330 g/mol. The highest BCUT2D eigenvalue weighted by molar-refractivity contribution is 7.97. The summed E-state index contributed by atoms with van der Waals surface area (Å²) in [6.45, 7) is 4.57. The maximum absolute atomic E-state index is 11.5. The Morgan fingerprint density at radius 3 is 3.00 bits per heavy atom. The van der Waals surface area contributed by atoms with Crippen molar-refractivity contribution in [3.8, 4) is 0 Å². The van der Waals surface area contributed by atoms with Crippen molar-refractivity contribution in [2.45, 2.75) is 38.2 Å². The van der Waals surface area contributed by atoms with E-state index >= 15 is 0 Å². The molecule has 0 radical (unpaired) electrons. The predicted molar refractivity (Wildman–Crippen MR) is 96.0 cm³/mol. The van der Waals surface area contributed by atoms with E-state index in [9.17, 15) is 4.79 Å². The molecule has 2 aromatic rings. The number of hydrogen-bond donors (Lipinski definition) is 1. The SMILES string of the molecule is CCCCOC(=O)Nc1nnc(CSCc2cccc(C)c2)s1. The van der Waals surface area contributed by atoms with Crippen molar-refractivity contribution in [2.24, 2.45) is 0 Å². The van der Waals surface area contributed by atoms with E-state index in [1.54, 1.807) is 11.8 Å². The first kappa shape index (κ1) is 17.7. The second-order valence-electron chi connectivity index (χ2n) is 5.10. The number of unbranched alkanes of at least 4 members (excludes halogenated alkanes) is 1. The third-order valence-corrected chi connectivity index (χ3v) is 5.02. The quantitative estimate of drug-likeness (QED) is 0.703. The second kappa shape index (κ2) is 9.52. The number of aromatic nitrogens is 2. The van der Waals surface area contributed by atoms with Crippen molar-refractivity contribution in [1.29, 1.82) is 0 Å². The lowest BCUT2D eigenvalue weighted by Crippen LogP contribution is -2.14. The summed E-state index contributed by atoms with van der Waals surface area (Å²) in [6.07, 6.45) is 1.40. The standard InChI is InChI=1S/C16H21N3O2S2/c1-3-4-8-21-16(20)17-15-19-18-14(23-15)11-22-10-13-7-5-6-12(2)9-13/h5-7,9H,3-4,8,10-11H2,1-2H3,(H,17,19,20). The fourth-order valence-corrected chi connectivity index (χ4v) is 3.61. The largest absolute Gasteiger partial charge is 0.449 e. The normalized spacial score (nSPS) is 10.5. The molecule has 1 aromatic heterocycles. The van der Waals surface area contributed by atoms with Gasteiger partial charge in [0.1, 0.15) is 5.01 Å². The van der Waals surface area contributed by atoms with Crippen molar-refractivity contribution >= 4 is 34.3 Å². The summed E-state index contributed by atoms with van der Waals surface area (Å²) >= 11 is 3.16. The first-order chi connectivity index (χ1) is 11.2. The Bertz CT molecular complexity index is 631. The summed E-state index contributed by atoms with van der Waals surface area (Å²) in [7, 11) is 0. The van der Waals surface area contributed by atoms with E-state index in [1.165, 1.54) is 22.5 Å². The Morgan fingerprint density at radius 2 is 2.22 bits per heavy atom. The fourth-order valence-electron chi connectivity index (χ4n) is 1.85. The Hall–Kier alpha value is -1.60. The molecule has 0 saturated heterocycles. The molecule has 0 aliphatic heterocycles. The number of rotatable bonds is 8. The van der Waals surface area contributed by atoms with E-state index in [2.05, 4.69) is 46.7 Å². The number of thioether (sulfide) groups is 1. The predicted octanol–water partition coefficient (Wildman–Crippen LogP) is 4.63. The van der Waals surface area contributed by atoms with Crippen LogP contribution < -0.4 is 5.32 Å². The number of hydrogen-bond acceptors (Lipinski definition) is 6. The number of amides is 1. The van der Waals surface area contributed by atoms with Crippen molar-refractivity contribution in [2.75, 3.05) is 11.9 Å². The lowest BCUT2D eigenvalue weighted by atomic mass is 10.2. The van der Waals surface area contributed by atoms with Gasteiger partial charge in [-0.15, -0.1) is 22.0 Å².